The summed E-state index contributed by atoms with van der Waals surface area (Å²) >= 11 is 0. The zero-order chi connectivity index (χ0) is 12.5. The van der Waals surface area contributed by atoms with Crippen LogP contribution >= 0.6 is 0 Å². The fraction of sp³-hybridized carbons (Fsp3) is 0.625. The number of aryl methyl sites for hydroxylation is 1. The second kappa shape index (κ2) is 4.93. The minimum atomic E-state index is 0.935. The zero-order valence-corrected chi connectivity index (χ0v) is 11.4. The molecule has 1 aromatic rings. The van der Waals surface area contributed by atoms with Crippen LogP contribution in [0.1, 0.15) is 36.8 Å². The van der Waals surface area contributed by atoms with Crippen LogP contribution in [-0.2, 0) is 6.54 Å². The summed E-state index contributed by atoms with van der Waals surface area (Å²) in [6.45, 7) is 5.75. The fourth-order valence-electron chi connectivity index (χ4n) is 3.71. The Bertz CT molecular complexity index is 415. The number of likely N-dealkylation sites (tertiary alicyclic amines) is 1. The predicted octanol–water partition coefficient (Wildman–Crippen LogP) is 3.20. The summed E-state index contributed by atoms with van der Waals surface area (Å²) in [5.41, 5.74) is 9.50. The highest BCUT2D eigenvalue weighted by molar-refractivity contribution is 5.48. The maximum absolute atomic E-state index is 6.00. The molecule has 1 saturated heterocycles. The van der Waals surface area contributed by atoms with Crippen molar-refractivity contribution in [2.24, 2.45) is 11.8 Å². The number of hydrogen-bond donors (Lipinski definition) is 1. The maximum atomic E-state index is 6.00. The van der Waals surface area contributed by atoms with Gasteiger partial charge < -0.3 is 5.73 Å². The Hall–Kier alpha value is -1.02. The van der Waals surface area contributed by atoms with Gasteiger partial charge in [0.05, 0.1) is 0 Å². The molecule has 0 amide bonds. The summed E-state index contributed by atoms with van der Waals surface area (Å²) < 4.78 is 0. The number of piperidine rings is 1. The first kappa shape index (κ1) is 12.0. The maximum Gasteiger partial charge on any atom is 0.0346 e. The van der Waals surface area contributed by atoms with E-state index in [2.05, 4.69) is 30.0 Å². The van der Waals surface area contributed by atoms with E-state index in [1.54, 1.807) is 0 Å². The van der Waals surface area contributed by atoms with Gasteiger partial charge in [0.1, 0.15) is 0 Å². The molecule has 2 N–H and O–H groups in total. The molecule has 98 valence electrons. The second-order valence-corrected chi connectivity index (χ2v) is 6.28. The Morgan fingerprint density at radius 2 is 1.94 bits per heavy atom. The Morgan fingerprint density at radius 3 is 2.61 bits per heavy atom. The van der Waals surface area contributed by atoms with Crippen molar-refractivity contribution in [2.75, 3.05) is 18.8 Å². The first-order valence-electron chi connectivity index (χ1n) is 7.28. The lowest BCUT2D eigenvalue weighted by Gasteiger charge is -2.41. The van der Waals surface area contributed by atoms with Gasteiger partial charge in [-0.2, -0.15) is 0 Å². The number of anilines is 1. The van der Waals surface area contributed by atoms with E-state index in [0.717, 1.165) is 24.1 Å². The van der Waals surface area contributed by atoms with Crippen LogP contribution in [0, 0.1) is 18.8 Å². The molecule has 18 heavy (non-hydrogen) atoms. The molecule has 2 unspecified atom stereocenters. The minimum Gasteiger partial charge on any atom is -0.399 e. The number of hydrogen-bond acceptors (Lipinski definition) is 2. The molecule has 0 aromatic heterocycles. The fourth-order valence-corrected chi connectivity index (χ4v) is 3.71. The summed E-state index contributed by atoms with van der Waals surface area (Å²) in [4.78, 5) is 2.64. The molecule has 1 saturated carbocycles. The van der Waals surface area contributed by atoms with Crippen molar-refractivity contribution in [1.82, 2.24) is 4.90 Å². The van der Waals surface area contributed by atoms with Crippen LogP contribution in [0.15, 0.2) is 18.2 Å². The molecule has 1 aliphatic heterocycles. The number of fused-ring (bicyclic) bond motifs is 2. The van der Waals surface area contributed by atoms with Crippen molar-refractivity contribution >= 4 is 5.69 Å². The van der Waals surface area contributed by atoms with Crippen LogP contribution in [0.25, 0.3) is 0 Å². The van der Waals surface area contributed by atoms with E-state index in [1.807, 2.05) is 0 Å². The summed E-state index contributed by atoms with van der Waals surface area (Å²) in [6, 6.07) is 6.53. The number of nitrogen functional groups attached to an aromatic ring is 1. The monoisotopic (exact) mass is 244 g/mol. The number of benzene rings is 1. The van der Waals surface area contributed by atoms with Crippen molar-refractivity contribution < 1.29 is 0 Å². The van der Waals surface area contributed by atoms with Crippen molar-refractivity contribution in [2.45, 2.75) is 39.2 Å². The van der Waals surface area contributed by atoms with Crippen molar-refractivity contribution in [3.63, 3.8) is 0 Å². The summed E-state index contributed by atoms with van der Waals surface area (Å²) in [6.07, 6.45) is 5.83. The van der Waals surface area contributed by atoms with Crippen LogP contribution in [0.5, 0.6) is 0 Å². The zero-order valence-electron chi connectivity index (χ0n) is 11.4. The molecule has 2 heteroatoms. The molecule has 1 heterocycles. The largest absolute Gasteiger partial charge is 0.399 e. The van der Waals surface area contributed by atoms with Gasteiger partial charge in [-0.3, -0.25) is 4.90 Å². The van der Waals surface area contributed by atoms with Gasteiger partial charge in [-0.1, -0.05) is 18.6 Å². The van der Waals surface area contributed by atoms with E-state index in [9.17, 15) is 0 Å². The lowest BCUT2D eigenvalue weighted by Crippen LogP contribution is -2.42. The highest BCUT2D eigenvalue weighted by Gasteiger charge is 2.30. The van der Waals surface area contributed by atoms with Crippen LogP contribution < -0.4 is 5.73 Å². The smallest absolute Gasteiger partial charge is 0.0346 e. The molecular weight excluding hydrogens is 220 g/mol. The van der Waals surface area contributed by atoms with Gasteiger partial charge in [0, 0.05) is 25.3 Å². The Morgan fingerprint density at radius 1 is 1.22 bits per heavy atom. The van der Waals surface area contributed by atoms with Crippen molar-refractivity contribution in [1.29, 1.82) is 0 Å². The average Bonchev–Trinajstić information content (AvgIpc) is 2.33. The third kappa shape index (κ3) is 2.54. The quantitative estimate of drug-likeness (QED) is 0.810. The second-order valence-electron chi connectivity index (χ2n) is 6.28. The molecular formula is C16H24N2. The average molecular weight is 244 g/mol. The summed E-state index contributed by atoms with van der Waals surface area (Å²) in [5.74, 6) is 1.92. The number of rotatable bonds is 2. The molecule has 0 radical (unpaired) electrons. The van der Waals surface area contributed by atoms with Crippen LogP contribution in [0.3, 0.4) is 0 Å². The Labute approximate surface area is 110 Å². The van der Waals surface area contributed by atoms with Gasteiger partial charge in [-0.05, 0) is 55.2 Å². The van der Waals surface area contributed by atoms with Crippen LogP contribution in [0.2, 0.25) is 0 Å². The molecule has 2 fully saturated rings. The van der Waals surface area contributed by atoms with Crippen molar-refractivity contribution in [3.05, 3.63) is 29.3 Å². The van der Waals surface area contributed by atoms with E-state index < -0.39 is 0 Å². The SMILES string of the molecule is Cc1ccc(CN2CC3CCCC(C3)C2)cc1N. The van der Waals surface area contributed by atoms with Gasteiger partial charge in [-0.15, -0.1) is 0 Å². The lowest BCUT2D eigenvalue weighted by atomic mass is 9.78. The molecule has 0 spiro atoms. The van der Waals surface area contributed by atoms with Gasteiger partial charge in [0.15, 0.2) is 0 Å². The third-order valence-electron chi connectivity index (χ3n) is 4.67. The molecule has 2 atom stereocenters. The Kier molecular flexibility index (Phi) is 3.29. The molecule has 3 rings (SSSR count). The summed E-state index contributed by atoms with van der Waals surface area (Å²) in [5, 5.41) is 0. The standard InChI is InChI=1S/C16H24N2/c1-12-5-6-15(8-16(12)17)11-18-9-13-3-2-4-14(7-13)10-18/h5-6,8,13-14H,2-4,7,9-11,17H2,1H3. The highest BCUT2D eigenvalue weighted by atomic mass is 15.1. The van der Waals surface area contributed by atoms with E-state index in [0.29, 0.717) is 0 Å². The summed E-state index contributed by atoms with van der Waals surface area (Å²) in [7, 11) is 0. The number of nitrogens with zero attached hydrogens (tertiary/aromatic N) is 1. The predicted molar refractivity (Wildman–Crippen MR) is 76.3 cm³/mol. The van der Waals surface area contributed by atoms with E-state index >= 15 is 0 Å². The highest BCUT2D eigenvalue weighted by Crippen LogP contribution is 2.34. The first-order valence-corrected chi connectivity index (χ1v) is 7.28. The van der Waals surface area contributed by atoms with Gasteiger partial charge in [0.25, 0.3) is 0 Å². The van der Waals surface area contributed by atoms with Crippen LogP contribution in [-0.4, -0.2) is 18.0 Å². The van der Waals surface area contributed by atoms with E-state index in [1.165, 1.54) is 49.9 Å². The van der Waals surface area contributed by atoms with E-state index in [-0.39, 0.29) is 0 Å². The number of nitrogens with two attached hydrogens (primary N) is 1. The first-order chi connectivity index (χ1) is 8.70. The van der Waals surface area contributed by atoms with Crippen molar-refractivity contribution in [3.8, 4) is 0 Å². The topological polar surface area (TPSA) is 29.3 Å². The Balaban J connectivity index is 1.67. The molecule has 1 aliphatic carbocycles. The molecule has 2 nitrogen and oxygen atoms in total. The molecule has 1 aromatic carbocycles. The lowest BCUT2D eigenvalue weighted by molar-refractivity contribution is 0.0808. The molecule has 2 bridgehead atoms. The minimum absolute atomic E-state index is 0.935. The molecule has 2 aliphatic rings. The van der Waals surface area contributed by atoms with E-state index in [4.69, 9.17) is 5.73 Å². The van der Waals surface area contributed by atoms with Gasteiger partial charge >= 0.3 is 0 Å². The van der Waals surface area contributed by atoms with Crippen LogP contribution in [0.4, 0.5) is 5.69 Å². The van der Waals surface area contributed by atoms with Gasteiger partial charge in [0.2, 0.25) is 0 Å². The van der Waals surface area contributed by atoms with Gasteiger partial charge in [-0.25, -0.2) is 0 Å². The third-order valence-corrected chi connectivity index (χ3v) is 4.67. The normalized spacial score (nSPS) is 28.3.